The molecule has 0 aromatic carbocycles. The van der Waals surface area contributed by atoms with Crippen LogP contribution in [0.2, 0.25) is 0 Å². The summed E-state index contributed by atoms with van der Waals surface area (Å²) in [6.45, 7) is 2.00. The first-order valence-electron chi connectivity index (χ1n) is 6.56. The van der Waals surface area contributed by atoms with Crippen molar-refractivity contribution >= 4 is 11.6 Å². The van der Waals surface area contributed by atoms with E-state index < -0.39 is 0 Å². The molecule has 0 radical (unpaired) electrons. The molecule has 1 aliphatic carbocycles. The molecule has 0 spiro atoms. The lowest BCUT2D eigenvalue weighted by Gasteiger charge is -2.17. The minimum atomic E-state index is 0.456. The van der Waals surface area contributed by atoms with Crippen LogP contribution < -0.4 is 0 Å². The molecule has 1 heterocycles. The highest BCUT2D eigenvalue weighted by Gasteiger charge is 2.21. The Labute approximate surface area is 98.5 Å². The minimum Gasteiger partial charge on any atom is -0.381 e. The van der Waals surface area contributed by atoms with Gasteiger partial charge in [-0.25, -0.2) is 0 Å². The van der Waals surface area contributed by atoms with E-state index >= 15 is 0 Å². The fourth-order valence-corrected chi connectivity index (χ4v) is 3.35. The number of alkyl halides is 1. The van der Waals surface area contributed by atoms with E-state index in [0.717, 1.165) is 25.0 Å². The van der Waals surface area contributed by atoms with E-state index in [-0.39, 0.29) is 0 Å². The predicted octanol–water partition coefficient (Wildman–Crippen LogP) is 3.99. The molecule has 1 saturated carbocycles. The van der Waals surface area contributed by atoms with Crippen molar-refractivity contribution in [2.75, 3.05) is 13.2 Å². The zero-order valence-electron chi connectivity index (χ0n) is 9.59. The summed E-state index contributed by atoms with van der Waals surface area (Å²) >= 11 is 6.29. The van der Waals surface area contributed by atoms with Crippen LogP contribution in [0.5, 0.6) is 0 Å². The number of ether oxygens (including phenoxy) is 1. The zero-order chi connectivity index (χ0) is 10.5. The molecule has 0 amide bonds. The first-order chi connectivity index (χ1) is 7.34. The molecule has 2 rings (SSSR count). The third-order valence-corrected chi connectivity index (χ3v) is 4.37. The van der Waals surface area contributed by atoms with Gasteiger partial charge < -0.3 is 4.74 Å². The van der Waals surface area contributed by atoms with E-state index in [1.165, 1.54) is 51.4 Å². The second-order valence-corrected chi connectivity index (χ2v) is 5.91. The first kappa shape index (κ1) is 11.7. The summed E-state index contributed by atoms with van der Waals surface area (Å²) in [5.74, 6) is 1.75. The SMILES string of the molecule is ClC1CCCCC(CCC2CCOC2)C1. The van der Waals surface area contributed by atoms with Crippen LogP contribution in [0.1, 0.15) is 51.4 Å². The summed E-state index contributed by atoms with van der Waals surface area (Å²) in [5, 5.41) is 0.456. The average Bonchev–Trinajstić information content (AvgIpc) is 2.65. The molecule has 2 fully saturated rings. The number of hydrogen-bond donors (Lipinski definition) is 0. The van der Waals surface area contributed by atoms with Crippen LogP contribution in [-0.2, 0) is 4.74 Å². The van der Waals surface area contributed by atoms with Crippen LogP contribution in [-0.4, -0.2) is 18.6 Å². The van der Waals surface area contributed by atoms with Gasteiger partial charge >= 0.3 is 0 Å². The van der Waals surface area contributed by atoms with Crippen molar-refractivity contribution in [2.24, 2.45) is 11.8 Å². The van der Waals surface area contributed by atoms with Gasteiger partial charge in [0.05, 0.1) is 0 Å². The van der Waals surface area contributed by atoms with Gasteiger partial charge in [0.25, 0.3) is 0 Å². The van der Waals surface area contributed by atoms with Gasteiger partial charge in [-0.15, -0.1) is 11.6 Å². The standard InChI is InChI=1S/C13H23ClO/c14-13-4-2-1-3-11(9-13)5-6-12-7-8-15-10-12/h11-13H,1-10H2. The maximum Gasteiger partial charge on any atom is 0.0495 e. The molecule has 0 aromatic rings. The second kappa shape index (κ2) is 6.10. The normalized spacial score (nSPS) is 37.8. The summed E-state index contributed by atoms with van der Waals surface area (Å²) in [4.78, 5) is 0. The monoisotopic (exact) mass is 230 g/mol. The van der Waals surface area contributed by atoms with Crippen molar-refractivity contribution in [3.8, 4) is 0 Å². The average molecular weight is 231 g/mol. The van der Waals surface area contributed by atoms with Crippen molar-refractivity contribution in [3.05, 3.63) is 0 Å². The molecule has 2 aliphatic rings. The van der Waals surface area contributed by atoms with Gasteiger partial charge in [0, 0.05) is 18.6 Å². The summed E-state index contributed by atoms with van der Waals surface area (Å²) in [6, 6.07) is 0. The Morgan fingerprint density at radius 2 is 1.80 bits per heavy atom. The summed E-state index contributed by atoms with van der Waals surface area (Å²) < 4.78 is 5.42. The van der Waals surface area contributed by atoms with Gasteiger partial charge in [-0.1, -0.05) is 25.7 Å². The summed E-state index contributed by atoms with van der Waals surface area (Å²) in [6.07, 6.45) is 10.7. The molecule has 88 valence electrons. The van der Waals surface area contributed by atoms with Crippen molar-refractivity contribution in [1.29, 1.82) is 0 Å². The quantitative estimate of drug-likeness (QED) is 0.526. The van der Waals surface area contributed by atoms with E-state index in [9.17, 15) is 0 Å². The second-order valence-electron chi connectivity index (χ2n) is 5.29. The van der Waals surface area contributed by atoms with Crippen molar-refractivity contribution in [1.82, 2.24) is 0 Å². The highest BCUT2D eigenvalue weighted by atomic mass is 35.5. The Morgan fingerprint density at radius 3 is 2.60 bits per heavy atom. The number of halogens is 1. The van der Waals surface area contributed by atoms with Gasteiger partial charge in [0.1, 0.15) is 0 Å². The molecule has 15 heavy (non-hydrogen) atoms. The lowest BCUT2D eigenvalue weighted by atomic mass is 9.90. The fourth-order valence-electron chi connectivity index (χ4n) is 2.94. The molecule has 3 atom stereocenters. The smallest absolute Gasteiger partial charge is 0.0495 e. The van der Waals surface area contributed by atoms with Crippen LogP contribution in [0.4, 0.5) is 0 Å². The third kappa shape index (κ3) is 3.96. The lowest BCUT2D eigenvalue weighted by molar-refractivity contribution is 0.182. The Hall–Kier alpha value is 0.250. The molecular formula is C13H23ClO. The summed E-state index contributed by atoms with van der Waals surface area (Å²) in [7, 11) is 0. The Kier molecular flexibility index (Phi) is 4.77. The Balaban J connectivity index is 1.67. The van der Waals surface area contributed by atoms with Gasteiger partial charge in [0.2, 0.25) is 0 Å². The van der Waals surface area contributed by atoms with Crippen LogP contribution in [0.15, 0.2) is 0 Å². The Bertz CT molecular complexity index is 177. The third-order valence-electron chi connectivity index (χ3n) is 3.98. The lowest BCUT2D eigenvalue weighted by Crippen LogP contribution is -2.08. The van der Waals surface area contributed by atoms with Crippen LogP contribution >= 0.6 is 11.6 Å². The van der Waals surface area contributed by atoms with E-state index in [1.54, 1.807) is 0 Å². The van der Waals surface area contributed by atoms with Gasteiger partial charge in [-0.3, -0.25) is 0 Å². The van der Waals surface area contributed by atoms with Crippen LogP contribution in [0.3, 0.4) is 0 Å². The highest BCUT2D eigenvalue weighted by Crippen LogP contribution is 2.31. The largest absolute Gasteiger partial charge is 0.381 e. The van der Waals surface area contributed by atoms with Gasteiger partial charge in [-0.2, -0.15) is 0 Å². The molecule has 1 saturated heterocycles. The predicted molar refractivity (Wildman–Crippen MR) is 64.4 cm³/mol. The van der Waals surface area contributed by atoms with Gasteiger partial charge in [-0.05, 0) is 37.5 Å². The number of hydrogen-bond acceptors (Lipinski definition) is 1. The first-order valence-corrected chi connectivity index (χ1v) is 7.00. The van der Waals surface area contributed by atoms with Crippen molar-refractivity contribution in [3.63, 3.8) is 0 Å². The molecular weight excluding hydrogens is 208 g/mol. The number of rotatable bonds is 3. The minimum absolute atomic E-state index is 0.456. The molecule has 0 N–H and O–H groups in total. The van der Waals surface area contributed by atoms with Crippen molar-refractivity contribution < 1.29 is 4.74 Å². The molecule has 0 aromatic heterocycles. The van der Waals surface area contributed by atoms with Gasteiger partial charge in [0.15, 0.2) is 0 Å². The molecule has 1 nitrogen and oxygen atoms in total. The van der Waals surface area contributed by atoms with E-state index in [0.29, 0.717) is 5.38 Å². The highest BCUT2D eigenvalue weighted by molar-refractivity contribution is 6.20. The molecule has 1 aliphatic heterocycles. The van der Waals surface area contributed by atoms with Crippen LogP contribution in [0.25, 0.3) is 0 Å². The molecule has 3 unspecified atom stereocenters. The van der Waals surface area contributed by atoms with E-state index in [1.807, 2.05) is 0 Å². The molecule has 2 heteroatoms. The van der Waals surface area contributed by atoms with E-state index in [2.05, 4.69) is 0 Å². The Morgan fingerprint density at radius 1 is 1.00 bits per heavy atom. The maximum absolute atomic E-state index is 6.29. The zero-order valence-corrected chi connectivity index (χ0v) is 10.3. The maximum atomic E-state index is 6.29. The van der Waals surface area contributed by atoms with Crippen molar-refractivity contribution in [2.45, 2.75) is 56.7 Å². The van der Waals surface area contributed by atoms with Crippen LogP contribution in [0, 0.1) is 11.8 Å². The summed E-state index contributed by atoms with van der Waals surface area (Å²) in [5.41, 5.74) is 0. The topological polar surface area (TPSA) is 9.23 Å². The van der Waals surface area contributed by atoms with E-state index in [4.69, 9.17) is 16.3 Å². The molecule has 0 bridgehead atoms. The fraction of sp³-hybridized carbons (Fsp3) is 1.00.